The van der Waals surface area contributed by atoms with Gasteiger partial charge in [-0.2, -0.15) is 5.10 Å². The number of carbonyl (C=O) groups excluding carboxylic acids is 1. The van der Waals surface area contributed by atoms with Gasteiger partial charge in [-0.3, -0.25) is 9.59 Å². The Bertz CT molecular complexity index is 943. The van der Waals surface area contributed by atoms with Gasteiger partial charge in [-0.25, -0.2) is 9.07 Å². The van der Waals surface area contributed by atoms with E-state index in [1.165, 1.54) is 22.9 Å². The minimum atomic E-state index is -0.314. The van der Waals surface area contributed by atoms with E-state index < -0.39 is 0 Å². The Balaban J connectivity index is 1.50. The Labute approximate surface area is 175 Å². The van der Waals surface area contributed by atoms with Crippen LogP contribution in [0.2, 0.25) is 0 Å². The number of methoxy groups -OCH3 is 1. The second kappa shape index (κ2) is 9.08. The second-order valence-corrected chi connectivity index (χ2v) is 8.29. The van der Waals surface area contributed by atoms with E-state index in [9.17, 15) is 14.0 Å². The van der Waals surface area contributed by atoms with Crippen LogP contribution in [-0.4, -0.2) is 46.4 Å². The third kappa shape index (κ3) is 4.46. The molecule has 2 aliphatic rings. The highest BCUT2D eigenvalue weighted by Gasteiger charge is 2.36. The number of nitrogens with zero attached hydrogens (tertiary/aromatic N) is 3. The number of likely N-dealkylation sites (tertiary alicyclic amines) is 1. The molecule has 1 saturated carbocycles. The Morgan fingerprint density at radius 1 is 1.13 bits per heavy atom. The average molecular weight is 413 g/mol. The van der Waals surface area contributed by atoms with E-state index in [1.807, 2.05) is 4.90 Å². The lowest BCUT2D eigenvalue weighted by atomic mass is 9.86. The summed E-state index contributed by atoms with van der Waals surface area (Å²) in [6.45, 7) is 1.10. The maximum Gasteiger partial charge on any atom is 0.266 e. The van der Waals surface area contributed by atoms with E-state index in [0.29, 0.717) is 12.2 Å². The molecule has 4 rings (SSSR count). The third-order valence-corrected chi connectivity index (χ3v) is 6.36. The molecule has 30 heavy (non-hydrogen) atoms. The number of hydrogen-bond donors (Lipinski definition) is 0. The summed E-state index contributed by atoms with van der Waals surface area (Å²) in [5, 5.41) is 4.49. The van der Waals surface area contributed by atoms with E-state index in [4.69, 9.17) is 4.74 Å². The molecule has 0 spiro atoms. The summed E-state index contributed by atoms with van der Waals surface area (Å²) in [6, 6.07) is 9.14. The molecule has 2 heterocycles. The molecular weight excluding hydrogens is 385 g/mol. The maximum absolute atomic E-state index is 13.2. The number of ether oxygens (including phenoxy) is 1. The molecule has 7 heteroatoms. The smallest absolute Gasteiger partial charge is 0.266 e. The van der Waals surface area contributed by atoms with E-state index in [2.05, 4.69) is 5.10 Å². The van der Waals surface area contributed by atoms with Crippen molar-refractivity contribution in [1.82, 2.24) is 14.7 Å². The molecule has 160 valence electrons. The van der Waals surface area contributed by atoms with Gasteiger partial charge in [0.1, 0.15) is 5.82 Å². The number of amides is 1. The lowest BCUT2D eigenvalue weighted by Crippen LogP contribution is -2.44. The van der Waals surface area contributed by atoms with Crippen LogP contribution in [0.15, 0.2) is 41.2 Å². The summed E-state index contributed by atoms with van der Waals surface area (Å²) < 4.78 is 20.1. The molecule has 1 aliphatic carbocycles. The maximum atomic E-state index is 13.2. The fourth-order valence-corrected chi connectivity index (χ4v) is 4.69. The van der Waals surface area contributed by atoms with E-state index in [1.54, 1.807) is 25.3 Å². The van der Waals surface area contributed by atoms with E-state index in [0.717, 1.165) is 50.6 Å². The van der Waals surface area contributed by atoms with Crippen molar-refractivity contribution >= 4 is 5.91 Å². The first-order chi connectivity index (χ1) is 14.5. The van der Waals surface area contributed by atoms with Gasteiger partial charge in [0.15, 0.2) is 0 Å². The zero-order valence-electron chi connectivity index (χ0n) is 17.3. The molecule has 1 aromatic heterocycles. The van der Waals surface area contributed by atoms with Crippen LogP contribution in [0.5, 0.6) is 0 Å². The number of rotatable bonds is 5. The highest BCUT2D eigenvalue weighted by Crippen LogP contribution is 2.30. The molecule has 2 fully saturated rings. The highest BCUT2D eigenvalue weighted by molar-refractivity contribution is 5.79. The Hall–Kier alpha value is -2.54. The topological polar surface area (TPSA) is 64.4 Å². The summed E-state index contributed by atoms with van der Waals surface area (Å²) in [5.74, 6) is -0.132. The van der Waals surface area contributed by atoms with Crippen LogP contribution in [0.1, 0.15) is 38.5 Å². The number of halogens is 1. The Morgan fingerprint density at radius 3 is 2.70 bits per heavy atom. The van der Waals surface area contributed by atoms with Gasteiger partial charge in [-0.1, -0.05) is 6.42 Å². The van der Waals surface area contributed by atoms with Gasteiger partial charge in [-0.15, -0.1) is 0 Å². The summed E-state index contributed by atoms with van der Waals surface area (Å²) in [7, 11) is 1.71. The van der Waals surface area contributed by atoms with Crippen molar-refractivity contribution in [3.63, 3.8) is 0 Å². The summed E-state index contributed by atoms with van der Waals surface area (Å²) in [5.41, 5.74) is 1.16. The molecule has 1 saturated heterocycles. The van der Waals surface area contributed by atoms with Crippen LogP contribution < -0.4 is 5.56 Å². The molecule has 1 amide bonds. The van der Waals surface area contributed by atoms with Gasteiger partial charge in [0.2, 0.25) is 5.91 Å². The molecule has 0 bridgehead atoms. The Kier molecular flexibility index (Phi) is 6.27. The van der Waals surface area contributed by atoms with Gasteiger partial charge in [-0.05, 0) is 62.4 Å². The van der Waals surface area contributed by atoms with Crippen LogP contribution in [-0.2, 0) is 16.1 Å². The monoisotopic (exact) mass is 413 g/mol. The van der Waals surface area contributed by atoms with Crippen molar-refractivity contribution in [1.29, 1.82) is 0 Å². The lowest BCUT2D eigenvalue weighted by Gasteiger charge is -2.33. The van der Waals surface area contributed by atoms with Crippen LogP contribution >= 0.6 is 0 Å². The minimum Gasteiger partial charge on any atom is -0.381 e. The summed E-state index contributed by atoms with van der Waals surface area (Å²) >= 11 is 0. The van der Waals surface area contributed by atoms with Gasteiger partial charge in [0, 0.05) is 31.2 Å². The fourth-order valence-electron chi connectivity index (χ4n) is 4.69. The van der Waals surface area contributed by atoms with Crippen LogP contribution in [0, 0.1) is 11.7 Å². The average Bonchev–Trinajstić information content (AvgIpc) is 3.23. The predicted octanol–water partition coefficient (Wildman–Crippen LogP) is 3.25. The van der Waals surface area contributed by atoms with Crippen molar-refractivity contribution in [2.45, 2.75) is 57.2 Å². The van der Waals surface area contributed by atoms with Crippen LogP contribution in [0.25, 0.3) is 11.3 Å². The van der Waals surface area contributed by atoms with Crippen molar-refractivity contribution < 1.29 is 13.9 Å². The van der Waals surface area contributed by atoms with Gasteiger partial charge < -0.3 is 9.64 Å². The van der Waals surface area contributed by atoms with Crippen LogP contribution in [0.3, 0.4) is 0 Å². The second-order valence-electron chi connectivity index (χ2n) is 8.29. The van der Waals surface area contributed by atoms with Crippen molar-refractivity contribution in [3.8, 4) is 11.3 Å². The van der Waals surface area contributed by atoms with E-state index >= 15 is 0 Å². The molecule has 2 aromatic rings. The summed E-state index contributed by atoms with van der Waals surface area (Å²) in [4.78, 5) is 27.6. The third-order valence-electron chi connectivity index (χ3n) is 6.36. The quantitative estimate of drug-likeness (QED) is 0.755. The molecule has 0 radical (unpaired) electrons. The number of hydrogen-bond acceptors (Lipinski definition) is 4. The van der Waals surface area contributed by atoms with Gasteiger partial charge >= 0.3 is 0 Å². The molecule has 1 aliphatic heterocycles. The summed E-state index contributed by atoms with van der Waals surface area (Å²) in [6.07, 6.45) is 5.65. The van der Waals surface area contributed by atoms with Crippen LogP contribution in [0.4, 0.5) is 4.39 Å². The highest BCUT2D eigenvalue weighted by atomic mass is 19.1. The number of aromatic nitrogens is 2. The molecule has 1 aromatic carbocycles. The fraction of sp³-hybridized carbons (Fsp3) is 0.522. The molecule has 6 nitrogen and oxygen atoms in total. The first-order valence-corrected chi connectivity index (χ1v) is 10.7. The lowest BCUT2D eigenvalue weighted by molar-refractivity contribution is -0.139. The SMILES string of the molecule is CO[C@@H]1CCC[C@H](C(=O)N2CCC[C@H]2Cn2nc(-c3ccc(F)cc3)ccc2=O)C1. The number of benzene rings is 1. The van der Waals surface area contributed by atoms with Crippen molar-refractivity contribution in [3.05, 3.63) is 52.6 Å². The minimum absolute atomic E-state index is 0.000435. The predicted molar refractivity (Wildman–Crippen MR) is 111 cm³/mol. The standard InChI is InChI=1S/C23H28FN3O3/c1-30-20-6-2-4-17(14-20)23(29)26-13-3-5-19(26)15-27-22(28)12-11-21(25-27)16-7-9-18(24)10-8-16/h7-12,17,19-20H,2-6,13-15H2,1H3/t17-,19-,20+/m0/s1. The first kappa shape index (κ1) is 20.7. The van der Waals surface area contributed by atoms with Gasteiger partial charge in [0.05, 0.1) is 24.4 Å². The zero-order valence-corrected chi connectivity index (χ0v) is 17.3. The van der Waals surface area contributed by atoms with Gasteiger partial charge in [0.25, 0.3) is 5.56 Å². The van der Waals surface area contributed by atoms with Crippen molar-refractivity contribution in [2.75, 3.05) is 13.7 Å². The largest absolute Gasteiger partial charge is 0.381 e. The zero-order chi connectivity index (χ0) is 21.1. The van der Waals surface area contributed by atoms with Crippen molar-refractivity contribution in [2.24, 2.45) is 5.92 Å². The number of carbonyl (C=O) groups is 1. The molecule has 0 unspecified atom stereocenters. The molecule has 3 atom stereocenters. The van der Waals surface area contributed by atoms with E-state index in [-0.39, 0.29) is 35.3 Å². The normalized spacial score (nSPS) is 24.2. The first-order valence-electron chi connectivity index (χ1n) is 10.7. The Morgan fingerprint density at radius 2 is 1.93 bits per heavy atom. The molecule has 0 N–H and O–H groups in total. The molecular formula is C23H28FN3O3.